The molecule has 2 aliphatic rings. The number of nitrogens with one attached hydrogen (secondary N) is 1. The average molecular weight is 415 g/mol. The molecule has 5 rings (SSSR count). The van der Waals surface area contributed by atoms with Crippen LogP contribution in [0.3, 0.4) is 0 Å². The van der Waals surface area contributed by atoms with E-state index in [4.69, 9.17) is 0 Å². The molecule has 0 aliphatic carbocycles. The van der Waals surface area contributed by atoms with Crippen molar-refractivity contribution in [2.24, 2.45) is 5.92 Å². The fraction of sp³-hybridized carbons (Fsp3) is 0.320. The fourth-order valence-corrected chi connectivity index (χ4v) is 4.70. The first kappa shape index (κ1) is 19.5. The Bertz CT molecular complexity index is 1220. The summed E-state index contributed by atoms with van der Waals surface area (Å²) in [6.45, 7) is 5.56. The maximum atomic E-state index is 13.2. The van der Waals surface area contributed by atoms with E-state index >= 15 is 0 Å². The summed E-state index contributed by atoms with van der Waals surface area (Å²) in [5, 5.41) is 1.22. The van der Waals surface area contributed by atoms with Crippen LogP contribution in [0.15, 0.2) is 42.5 Å². The molecule has 3 heterocycles. The Labute approximate surface area is 180 Å². The predicted molar refractivity (Wildman–Crippen MR) is 118 cm³/mol. The Morgan fingerprint density at radius 1 is 1.00 bits per heavy atom. The van der Waals surface area contributed by atoms with Crippen molar-refractivity contribution in [1.82, 2.24) is 14.8 Å². The first-order valence-corrected chi connectivity index (χ1v) is 10.8. The van der Waals surface area contributed by atoms with Gasteiger partial charge in [-0.25, -0.2) is 0 Å². The summed E-state index contributed by atoms with van der Waals surface area (Å²) in [7, 11) is 0. The molecule has 0 bridgehead atoms. The molecule has 0 atom stereocenters. The quantitative estimate of drug-likeness (QED) is 0.664. The van der Waals surface area contributed by atoms with Gasteiger partial charge in [0.1, 0.15) is 0 Å². The summed E-state index contributed by atoms with van der Waals surface area (Å²) in [6, 6.07) is 13.2. The molecule has 3 amide bonds. The largest absolute Gasteiger partial charge is 0.358 e. The second-order valence-corrected chi connectivity index (χ2v) is 8.80. The van der Waals surface area contributed by atoms with Crippen LogP contribution in [-0.2, 0) is 12.8 Å². The van der Waals surface area contributed by atoms with Gasteiger partial charge in [-0.15, -0.1) is 0 Å². The number of imide groups is 1. The normalized spacial score (nSPS) is 16.1. The van der Waals surface area contributed by atoms with Crippen LogP contribution in [0, 0.1) is 5.92 Å². The van der Waals surface area contributed by atoms with Crippen molar-refractivity contribution in [2.45, 2.75) is 26.7 Å². The lowest BCUT2D eigenvalue weighted by molar-refractivity contribution is 0.0636. The van der Waals surface area contributed by atoms with Gasteiger partial charge in [-0.2, -0.15) is 0 Å². The molecule has 0 unspecified atom stereocenters. The number of rotatable bonds is 3. The highest BCUT2D eigenvalue weighted by molar-refractivity contribution is 6.22. The summed E-state index contributed by atoms with van der Waals surface area (Å²) in [5.74, 6) is -0.484. The van der Waals surface area contributed by atoms with Crippen molar-refractivity contribution in [3.8, 4) is 0 Å². The van der Waals surface area contributed by atoms with Gasteiger partial charge in [-0.05, 0) is 42.2 Å². The summed E-state index contributed by atoms with van der Waals surface area (Å²) in [5.41, 5.74) is 4.80. The van der Waals surface area contributed by atoms with Crippen molar-refractivity contribution >= 4 is 28.6 Å². The lowest BCUT2D eigenvalue weighted by Gasteiger charge is -2.20. The molecule has 0 spiro atoms. The molecule has 3 aromatic rings. The third kappa shape index (κ3) is 3.23. The molecule has 6 nitrogen and oxygen atoms in total. The molecule has 0 radical (unpaired) electrons. The number of aromatic amines is 1. The van der Waals surface area contributed by atoms with Crippen LogP contribution in [0.2, 0.25) is 0 Å². The number of carbonyl (C=O) groups is 3. The molecular weight excluding hydrogens is 390 g/mol. The fourth-order valence-electron chi connectivity index (χ4n) is 4.70. The molecule has 1 N–H and O–H groups in total. The summed E-state index contributed by atoms with van der Waals surface area (Å²) in [6.07, 6.45) is 1.55. The van der Waals surface area contributed by atoms with E-state index in [9.17, 15) is 14.4 Å². The van der Waals surface area contributed by atoms with Crippen molar-refractivity contribution in [1.29, 1.82) is 0 Å². The Kier molecular flexibility index (Phi) is 4.65. The smallest absolute Gasteiger partial charge is 0.261 e. The zero-order valence-electron chi connectivity index (χ0n) is 17.8. The number of aromatic nitrogens is 1. The number of amides is 3. The van der Waals surface area contributed by atoms with E-state index in [2.05, 4.69) is 17.1 Å². The molecular formula is C25H25N3O3. The summed E-state index contributed by atoms with van der Waals surface area (Å²) in [4.78, 5) is 45.2. The van der Waals surface area contributed by atoms with Gasteiger partial charge in [-0.1, -0.05) is 32.0 Å². The second kappa shape index (κ2) is 7.38. The Morgan fingerprint density at radius 3 is 2.55 bits per heavy atom. The number of benzene rings is 2. The van der Waals surface area contributed by atoms with E-state index in [0.29, 0.717) is 36.3 Å². The van der Waals surface area contributed by atoms with Crippen molar-refractivity contribution in [2.75, 3.05) is 19.6 Å². The number of H-pyrrole nitrogens is 1. The van der Waals surface area contributed by atoms with Crippen LogP contribution in [0.25, 0.3) is 10.9 Å². The van der Waals surface area contributed by atoms with Crippen LogP contribution in [0.4, 0.5) is 0 Å². The lowest BCUT2D eigenvalue weighted by atomic mass is 10.0. The minimum Gasteiger partial charge on any atom is -0.358 e. The minimum absolute atomic E-state index is 0.0974. The van der Waals surface area contributed by atoms with Crippen LogP contribution in [0.5, 0.6) is 0 Å². The Morgan fingerprint density at radius 2 is 1.74 bits per heavy atom. The summed E-state index contributed by atoms with van der Waals surface area (Å²) >= 11 is 0. The van der Waals surface area contributed by atoms with Crippen molar-refractivity contribution < 1.29 is 14.4 Å². The number of carbonyl (C=O) groups excluding carboxylic acids is 3. The minimum atomic E-state index is -0.305. The van der Waals surface area contributed by atoms with Gasteiger partial charge < -0.3 is 9.88 Å². The number of fused-ring (bicyclic) bond motifs is 4. The van der Waals surface area contributed by atoms with Gasteiger partial charge >= 0.3 is 0 Å². The van der Waals surface area contributed by atoms with Crippen LogP contribution in [-0.4, -0.2) is 52.1 Å². The molecule has 6 heteroatoms. The highest BCUT2D eigenvalue weighted by atomic mass is 16.2. The second-order valence-electron chi connectivity index (χ2n) is 8.80. The molecule has 2 aliphatic heterocycles. The Balaban J connectivity index is 1.37. The molecule has 1 aromatic heterocycles. The van der Waals surface area contributed by atoms with Crippen molar-refractivity contribution in [3.63, 3.8) is 0 Å². The number of nitrogens with zero attached hydrogens (tertiary/aromatic N) is 2. The molecule has 0 saturated heterocycles. The van der Waals surface area contributed by atoms with E-state index < -0.39 is 0 Å². The number of hydrogen-bond acceptors (Lipinski definition) is 3. The maximum absolute atomic E-state index is 13.2. The van der Waals surface area contributed by atoms with E-state index in [1.807, 2.05) is 30.9 Å². The predicted octanol–water partition coefficient (Wildman–Crippen LogP) is 3.66. The van der Waals surface area contributed by atoms with Crippen LogP contribution < -0.4 is 0 Å². The van der Waals surface area contributed by atoms with Gasteiger partial charge in [-0.3, -0.25) is 19.3 Å². The lowest BCUT2D eigenvalue weighted by Crippen LogP contribution is -2.33. The SMILES string of the molecule is CC(C)CN1C(=O)c2ccc(C(=O)N3CCc4[nH]c5ccccc5c4CC3)cc2C1=O. The molecule has 0 fully saturated rings. The van der Waals surface area contributed by atoms with Crippen LogP contribution >= 0.6 is 0 Å². The van der Waals surface area contributed by atoms with Gasteiger partial charge in [0.2, 0.25) is 0 Å². The maximum Gasteiger partial charge on any atom is 0.261 e. The topological polar surface area (TPSA) is 73.5 Å². The molecule has 31 heavy (non-hydrogen) atoms. The molecule has 0 saturated carbocycles. The summed E-state index contributed by atoms with van der Waals surface area (Å²) < 4.78 is 0. The zero-order chi connectivity index (χ0) is 21.7. The first-order chi connectivity index (χ1) is 14.9. The van der Waals surface area contributed by atoms with E-state index in [0.717, 1.165) is 18.4 Å². The van der Waals surface area contributed by atoms with Crippen LogP contribution in [0.1, 0.15) is 56.2 Å². The average Bonchev–Trinajstić information content (AvgIpc) is 3.13. The highest BCUT2D eigenvalue weighted by Crippen LogP contribution is 2.28. The van der Waals surface area contributed by atoms with Gasteiger partial charge in [0.05, 0.1) is 11.1 Å². The third-order valence-corrected chi connectivity index (χ3v) is 6.22. The third-order valence-electron chi connectivity index (χ3n) is 6.22. The van der Waals surface area contributed by atoms with E-state index in [1.165, 1.54) is 21.5 Å². The number of para-hydroxylation sites is 1. The first-order valence-electron chi connectivity index (χ1n) is 10.8. The molecule has 158 valence electrons. The van der Waals surface area contributed by atoms with Gasteiger partial charge in [0.15, 0.2) is 0 Å². The van der Waals surface area contributed by atoms with E-state index in [-0.39, 0.29) is 23.6 Å². The molecule has 2 aromatic carbocycles. The van der Waals surface area contributed by atoms with Crippen molar-refractivity contribution in [3.05, 3.63) is 70.4 Å². The Hall–Kier alpha value is -3.41. The standard InChI is InChI=1S/C25H25N3O3/c1-15(2)14-28-24(30)19-8-7-16(13-20(19)25(28)31)23(29)27-11-9-18-17-5-3-4-6-21(17)26-22(18)10-12-27/h3-8,13,15,26H,9-12,14H2,1-2H3. The number of hydrogen-bond donors (Lipinski definition) is 1. The zero-order valence-corrected chi connectivity index (χ0v) is 17.8. The monoisotopic (exact) mass is 415 g/mol. The van der Waals surface area contributed by atoms with Gasteiger partial charge in [0, 0.05) is 48.2 Å². The highest BCUT2D eigenvalue weighted by Gasteiger charge is 2.36. The van der Waals surface area contributed by atoms with Gasteiger partial charge in [0.25, 0.3) is 17.7 Å². The van der Waals surface area contributed by atoms with E-state index in [1.54, 1.807) is 18.2 Å².